The Hall–Kier alpha value is -4.13. The second kappa shape index (κ2) is 20.5. The van der Waals surface area contributed by atoms with E-state index in [1.807, 2.05) is 24.3 Å². The van der Waals surface area contributed by atoms with E-state index >= 15 is 0 Å². The molecule has 50 heavy (non-hydrogen) atoms. The van der Waals surface area contributed by atoms with Gasteiger partial charge in [-0.1, -0.05) is 50.5 Å². The third kappa shape index (κ3) is 14.0. The quantitative estimate of drug-likeness (QED) is 0.166. The molecule has 1 fully saturated rings. The van der Waals surface area contributed by atoms with Gasteiger partial charge in [0.1, 0.15) is 12.1 Å². The Morgan fingerprint density at radius 3 is 2.44 bits per heavy atom. The van der Waals surface area contributed by atoms with Crippen LogP contribution in [-0.2, 0) is 30.3 Å². The number of ether oxygens (including phenoxy) is 2. The zero-order valence-electron chi connectivity index (χ0n) is 30.4. The van der Waals surface area contributed by atoms with Crippen molar-refractivity contribution in [2.45, 2.75) is 91.1 Å². The van der Waals surface area contributed by atoms with Crippen molar-refractivity contribution in [3.63, 3.8) is 0 Å². The summed E-state index contributed by atoms with van der Waals surface area (Å²) in [4.78, 5) is 71.3. The summed E-state index contributed by atoms with van der Waals surface area (Å²) in [6, 6.07) is 9.70. The molecule has 0 aliphatic carbocycles. The van der Waals surface area contributed by atoms with Crippen molar-refractivity contribution in [1.82, 2.24) is 20.1 Å². The minimum Gasteiger partial charge on any atom is -0.469 e. The molecule has 1 unspecified atom stereocenters. The van der Waals surface area contributed by atoms with Gasteiger partial charge in [0.2, 0.25) is 11.8 Å². The summed E-state index contributed by atoms with van der Waals surface area (Å²) in [7, 11) is 3.14. The van der Waals surface area contributed by atoms with Gasteiger partial charge in [0.15, 0.2) is 5.69 Å². The number of piperidine rings is 1. The summed E-state index contributed by atoms with van der Waals surface area (Å²) in [6.07, 6.45) is 7.41. The summed E-state index contributed by atoms with van der Waals surface area (Å²) in [6.45, 7) is 8.17. The van der Waals surface area contributed by atoms with E-state index in [9.17, 15) is 24.0 Å². The third-order valence-corrected chi connectivity index (χ3v) is 8.34. The predicted molar refractivity (Wildman–Crippen MR) is 198 cm³/mol. The lowest BCUT2D eigenvalue weighted by Gasteiger charge is -2.33. The van der Waals surface area contributed by atoms with Crippen LogP contribution in [0.2, 0.25) is 0 Å². The van der Waals surface area contributed by atoms with Crippen molar-refractivity contribution in [3.05, 3.63) is 47.8 Å². The summed E-state index contributed by atoms with van der Waals surface area (Å²) < 4.78 is 10.3. The van der Waals surface area contributed by atoms with Gasteiger partial charge in [-0.3, -0.25) is 24.1 Å². The summed E-state index contributed by atoms with van der Waals surface area (Å²) in [5.74, 6) is -1.28. The number of carbonyl (C=O) groups is 5. The van der Waals surface area contributed by atoms with Crippen molar-refractivity contribution < 1.29 is 33.4 Å². The second-order valence-corrected chi connectivity index (χ2v) is 13.6. The Balaban J connectivity index is 0.00000867. The molecule has 0 radical (unpaired) electrons. The number of unbranched alkanes of at least 4 members (excludes halogenated alkanes) is 4. The van der Waals surface area contributed by atoms with Crippen LogP contribution in [0.3, 0.4) is 0 Å². The first-order valence-electron chi connectivity index (χ1n) is 17.3. The molecule has 2 heterocycles. The molecule has 2 aromatic rings. The highest BCUT2D eigenvalue weighted by Crippen LogP contribution is 2.26. The number of rotatable bonds is 16. The number of benzene rings is 1. The summed E-state index contributed by atoms with van der Waals surface area (Å²) >= 11 is 0. The van der Waals surface area contributed by atoms with E-state index in [0.29, 0.717) is 25.9 Å². The lowest BCUT2D eigenvalue weighted by Crippen LogP contribution is -2.46. The Labute approximate surface area is 303 Å². The molecule has 13 heteroatoms. The van der Waals surface area contributed by atoms with Gasteiger partial charge in [0.25, 0.3) is 5.91 Å². The maximum atomic E-state index is 13.6. The van der Waals surface area contributed by atoms with Gasteiger partial charge < -0.3 is 25.0 Å². The van der Waals surface area contributed by atoms with Crippen molar-refractivity contribution in [1.29, 1.82) is 0 Å². The molecule has 4 amide bonds. The van der Waals surface area contributed by atoms with Crippen molar-refractivity contribution >= 4 is 49.0 Å². The number of aryl methyl sites for hydroxylation is 1. The Bertz CT molecular complexity index is 1460. The van der Waals surface area contributed by atoms with E-state index in [1.165, 1.54) is 12.0 Å². The van der Waals surface area contributed by atoms with E-state index in [0.717, 1.165) is 55.2 Å². The number of pyridine rings is 1. The highest BCUT2D eigenvalue weighted by atomic mass is 32.1. The molecule has 1 aromatic heterocycles. The lowest BCUT2D eigenvalue weighted by molar-refractivity contribution is -0.140. The second-order valence-electron chi connectivity index (χ2n) is 13.6. The number of methoxy groups -OCH3 is 1. The number of nitrogens with one attached hydrogen (secondary N) is 2. The first-order valence-corrected chi connectivity index (χ1v) is 17.3. The van der Waals surface area contributed by atoms with Crippen molar-refractivity contribution in [2.24, 2.45) is 5.92 Å². The standard InChI is InChI=1S/C37H53N5O7.H2S/c1-7-26-14-13-15-28(20-26)29-22-30(34(39-23-29)35(46)38-18-12-10-8-9-11-16-33(45)48-6)40-31(43)25-42(36(47)49-37(2,3)4)24-27-17-19-41(5)32(44)21-27;/h13-15,20,22-23,27H,7-12,16-19,21,24-25H2,1-6H3,(H,38,46)(H,40,43);1H2. The summed E-state index contributed by atoms with van der Waals surface area (Å²) in [5.41, 5.74) is 2.26. The van der Waals surface area contributed by atoms with Crippen molar-refractivity contribution in [2.75, 3.05) is 45.7 Å². The maximum absolute atomic E-state index is 13.6. The third-order valence-electron chi connectivity index (χ3n) is 8.34. The Morgan fingerprint density at radius 1 is 1.04 bits per heavy atom. The number of esters is 1. The topological polar surface area (TPSA) is 147 Å². The van der Waals surface area contributed by atoms with E-state index < -0.39 is 23.5 Å². The normalized spacial score (nSPS) is 14.3. The molecule has 0 spiro atoms. The molecular formula is C37H55N5O7S. The molecule has 3 rings (SSSR count). The minimum absolute atomic E-state index is 0. The number of nitrogens with zero attached hydrogens (tertiary/aromatic N) is 3. The highest BCUT2D eigenvalue weighted by molar-refractivity contribution is 7.59. The van der Waals surface area contributed by atoms with E-state index in [4.69, 9.17) is 4.74 Å². The number of aromatic nitrogens is 1. The number of hydrogen-bond donors (Lipinski definition) is 2. The number of likely N-dealkylation sites (tertiary alicyclic amines) is 1. The van der Waals surface area contributed by atoms with Gasteiger partial charge in [0.05, 0.1) is 12.8 Å². The van der Waals surface area contributed by atoms with Crippen LogP contribution in [0.5, 0.6) is 0 Å². The fourth-order valence-electron chi connectivity index (χ4n) is 5.55. The van der Waals surface area contributed by atoms with Gasteiger partial charge in [-0.05, 0) is 69.6 Å². The number of anilines is 1. The molecule has 1 aromatic carbocycles. The molecule has 2 N–H and O–H groups in total. The highest BCUT2D eigenvalue weighted by Gasteiger charge is 2.30. The van der Waals surface area contributed by atoms with E-state index in [-0.39, 0.29) is 62.2 Å². The van der Waals surface area contributed by atoms with Crippen LogP contribution in [0.15, 0.2) is 36.5 Å². The number of hydrogen-bond acceptors (Lipinski definition) is 8. The fraction of sp³-hybridized carbons (Fsp3) is 0.568. The molecule has 12 nitrogen and oxygen atoms in total. The van der Waals surface area contributed by atoms with E-state index in [1.54, 1.807) is 45.0 Å². The van der Waals surface area contributed by atoms with Crippen LogP contribution < -0.4 is 10.6 Å². The van der Waals surface area contributed by atoms with Gasteiger partial charge in [-0.25, -0.2) is 9.78 Å². The molecule has 1 saturated heterocycles. The van der Waals surface area contributed by atoms with Gasteiger partial charge in [0, 0.05) is 51.3 Å². The lowest BCUT2D eigenvalue weighted by atomic mass is 9.96. The molecule has 1 aliphatic rings. The van der Waals surface area contributed by atoms with Gasteiger partial charge >= 0.3 is 12.1 Å². The zero-order chi connectivity index (χ0) is 36.0. The molecule has 1 atom stereocenters. The van der Waals surface area contributed by atoms with E-state index in [2.05, 4.69) is 27.3 Å². The minimum atomic E-state index is -0.784. The first kappa shape index (κ1) is 42.0. The van der Waals surface area contributed by atoms with Gasteiger partial charge in [-0.15, -0.1) is 0 Å². The van der Waals surface area contributed by atoms with Crippen LogP contribution in [-0.4, -0.2) is 90.5 Å². The van der Waals surface area contributed by atoms with Crippen molar-refractivity contribution in [3.8, 4) is 11.1 Å². The Kier molecular flexibility index (Phi) is 17.3. The molecule has 276 valence electrons. The fourth-order valence-corrected chi connectivity index (χ4v) is 5.55. The SMILES string of the molecule is CCc1cccc(-c2cnc(C(=O)NCCCCCCCC(=O)OC)c(NC(=O)CN(CC3CCN(C)C(=O)C3)C(=O)OC(C)(C)C)c2)c1.S. The van der Waals surface area contributed by atoms with Crippen LogP contribution in [0.1, 0.15) is 95.1 Å². The van der Waals surface area contributed by atoms with Crippen LogP contribution in [0, 0.1) is 5.92 Å². The van der Waals surface area contributed by atoms with Crippen LogP contribution >= 0.6 is 13.5 Å². The molecule has 0 saturated carbocycles. The molecular weight excluding hydrogens is 659 g/mol. The summed E-state index contributed by atoms with van der Waals surface area (Å²) in [5, 5.41) is 5.75. The van der Waals surface area contributed by atoms with Crippen LogP contribution in [0.25, 0.3) is 11.1 Å². The maximum Gasteiger partial charge on any atom is 0.410 e. The van der Waals surface area contributed by atoms with Crippen LogP contribution in [0.4, 0.5) is 10.5 Å². The zero-order valence-corrected chi connectivity index (χ0v) is 31.4. The first-order chi connectivity index (χ1) is 23.3. The largest absolute Gasteiger partial charge is 0.469 e. The van der Waals surface area contributed by atoms with Gasteiger partial charge in [-0.2, -0.15) is 13.5 Å². The number of carbonyl (C=O) groups excluding carboxylic acids is 5. The molecule has 1 aliphatic heterocycles. The Morgan fingerprint density at radius 2 is 1.76 bits per heavy atom. The average Bonchev–Trinajstić information content (AvgIpc) is 3.06. The monoisotopic (exact) mass is 713 g/mol. The molecule has 0 bridgehead atoms. The smallest absolute Gasteiger partial charge is 0.410 e. The predicted octanol–water partition coefficient (Wildman–Crippen LogP) is 5.71. The average molecular weight is 714 g/mol. The number of amides is 4.